The van der Waals surface area contributed by atoms with Gasteiger partial charge in [-0.2, -0.15) is 0 Å². The molecule has 0 radical (unpaired) electrons. The zero-order chi connectivity index (χ0) is 11.3. The minimum atomic E-state index is 0.342. The smallest absolute Gasteiger partial charge is 0.134 e. The maximum absolute atomic E-state index is 9.73. The van der Waals surface area contributed by atoms with Gasteiger partial charge >= 0.3 is 0 Å². The molecule has 1 atom stereocenters. The van der Waals surface area contributed by atoms with Crippen molar-refractivity contribution in [3.63, 3.8) is 0 Å². The van der Waals surface area contributed by atoms with Crippen LogP contribution in [0, 0.1) is 5.92 Å². The quantitative estimate of drug-likeness (QED) is 0.862. The zero-order valence-electron chi connectivity index (χ0n) is 9.26. The molecule has 0 aliphatic heterocycles. The van der Waals surface area contributed by atoms with Crippen molar-refractivity contribution >= 4 is 15.9 Å². The molecule has 0 heterocycles. The van der Waals surface area contributed by atoms with Gasteiger partial charge in [0, 0.05) is 12.1 Å². The fourth-order valence-electron chi connectivity index (χ4n) is 1.30. The second-order valence-electron chi connectivity index (χ2n) is 3.89. The predicted molar refractivity (Wildman–Crippen MR) is 67.0 cm³/mol. The minimum Gasteiger partial charge on any atom is -0.506 e. The Bertz CT molecular complexity index is 314. The lowest BCUT2D eigenvalue weighted by Crippen LogP contribution is -2.20. The van der Waals surface area contributed by atoms with Crippen LogP contribution in [0.2, 0.25) is 0 Å². The molecule has 0 aliphatic carbocycles. The largest absolute Gasteiger partial charge is 0.506 e. The van der Waals surface area contributed by atoms with Crippen molar-refractivity contribution in [3.8, 4) is 5.75 Å². The highest BCUT2D eigenvalue weighted by molar-refractivity contribution is 9.10. The van der Waals surface area contributed by atoms with Gasteiger partial charge in [0.2, 0.25) is 0 Å². The Morgan fingerprint density at radius 3 is 2.87 bits per heavy atom. The van der Waals surface area contributed by atoms with Crippen molar-refractivity contribution in [1.29, 1.82) is 0 Å². The van der Waals surface area contributed by atoms with E-state index in [0.717, 1.165) is 23.1 Å². The molecule has 84 valence electrons. The Balaban J connectivity index is 2.47. The van der Waals surface area contributed by atoms with Gasteiger partial charge in [0.25, 0.3) is 0 Å². The van der Waals surface area contributed by atoms with Crippen molar-refractivity contribution < 1.29 is 5.11 Å². The van der Waals surface area contributed by atoms with Crippen LogP contribution in [0.5, 0.6) is 5.75 Å². The van der Waals surface area contributed by atoms with Crippen molar-refractivity contribution in [3.05, 3.63) is 28.2 Å². The van der Waals surface area contributed by atoms with Crippen molar-refractivity contribution in [2.75, 3.05) is 6.54 Å². The SMILES string of the molecule is CCC(C)CNCc1cccc(Br)c1O. The molecular weight excluding hydrogens is 254 g/mol. The Kier molecular flexibility index (Phi) is 5.12. The average Bonchev–Trinajstić information content (AvgIpc) is 2.24. The lowest BCUT2D eigenvalue weighted by molar-refractivity contribution is 0.453. The fourth-order valence-corrected chi connectivity index (χ4v) is 1.71. The molecule has 3 heteroatoms. The summed E-state index contributed by atoms with van der Waals surface area (Å²) in [7, 11) is 0. The molecular formula is C12H18BrNO. The van der Waals surface area contributed by atoms with Gasteiger partial charge in [0.1, 0.15) is 5.75 Å². The molecule has 0 saturated heterocycles. The number of phenols is 1. The Morgan fingerprint density at radius 2 is 2.20 bits per heavy atom. The summed E-state index contributed by atoms with van der Waals surface area (Å²) in [4.78, 5) is 0. The van der Waals surface area contributed by atoms with Crippen molar-refractivity contribution in [1.82, 2.24) is 5.32 Å². The van der Waals surface area contributed by atoms with Gasteiger partial charge < -0.3 is 10.4 Å². The predicted octanol–water partition coefficient (Wildman–Crippen LogP) is 3.29. The van der Waals surface area contributed by atoms with Crippen LogP contribution >= 0.6 is 15.9 Å². The minimum absolute atomic E-state index is 0.342. The standard InChI is InChI=1S/C12H18BrNO/c1-3-9(2)7-14-8-10-5-4-6-11(13)12(10)15/h4-6,9,14-15H,3,7-8H2,1-2H3. The van der Waals surface area contributed by atoms with E-state index in [1.54, 1.807) is 0 Å². The van der Waals surface area contributed by atoms with E-state index in [0.29, 0.717) is 11.7 Å². The molecule has 2 nitrogen and oxygen atoms in total. The third-order valence-corrected chi connectivity index (χ3v) is 3.22. The molecule has 1 rings (SSSR count). The van der Waals surface area contributed by atoms with Crippen LogP contribution in [0.1, 0.15) is 25.8 Å². The summed E-state index contributed by atoms with van der Waals surface area (Å²) in [5.74, 6) is 1.02. The summed E-state index contributed by atoms with van der Waals surface area (Å²) >= 11 is 3.30. The summed E-state index contributed by atoms with van der Waals surface area (Å²) in [6.07, 6.45) is 1.18. The number of nitrogens with one attached hydrogen (secondary N) is 1. The van der Waals surface area contributed by atoms with Gasteiger partial charge in [0.15, 0.2) is 0 Å². The first-order valence-corrected chi connectivity index (χ1v) is 6.11. The van der Waals surface area contributed by atoms with E-state index < -0.39 is 0 Å². The molecule has 0 amide bonds. The van der Waals surface area contributed by atoms with Crippen LogP contribution in [0.25, 0.3) is 0 Å². The number of benzene rings is 1. The molecule has 15 heavy (non-hydrogen) atoms. The van der Waals surface area contributed by atoms with Gasteiger partial charge in [-0.15, -0.1) is 0 Å². The fraction of sp³-hybridized carbons (Fsp3) is 0.500. The van der Waals surface area contributed by atoms with Crippen LogP contribution in [-0.4, -0.2) is 11.7 Å². The summed E-state index contributed by atoms with van der Waals surface area (Å²) < 4.78 is 0.755. The summed E-state index contributed by atoms with van der Waals surface area (Å²) in [6.45, 7) is 6.11. The molecule has 0 bridgehead atoms. The average molecular weight is 272 g/mol. The molecule has 0 spiro atoms. The third kappa shape index (κ3) is 3.84. The first-order chi connectivity index (χ1) is 7.15. The zero-order valence-corrected chi connectivity index (χ0v) is 10.8. The molecule has 1 aromatic rings. The topological polar surface area (TPSA) is 32.3 Å². The Morgan fingerprint density at radius 1 is 1.47 bits per heavy atom. The second kappa shape index (κ2) is 6.13. The van der Waals surface area contributed by atoms with Crippen molar-refractivity contribution in [2.24, 2.45) is 5.92 Å². The van der Waals surface area contributed by atoms with Gasteiger partial charge in [-0.3, -0.25) is 0 Å². The highest BCUT2D eigenvalue weighted by Crippen LogP contribution is 2.27. The second-order valence-corrected chi connectivity index (χ2v) is 4.75. The van der Waals surface area contributed by atoms with Gasteiger partial charge in [-0.1, -0.05) is 32.4 Å². The highest BCUT2D eigenvalue weighted by Gasteiger charge is 2.04. The molecule has 0 fully saturated rings. The van der Waals surface area contributed by atoms with E-state index in [2.05, 4.69) is 35.1 Å². The summed E-state index contributed by atoms with van der Waals surface area (Å²) in [5.41, 5.74) is 0.938. The molecule has 0 aromatic heterocycles. The monoisotopic (exact) mass is 271 g/mol. The van der Waals surface area contributed by atoms with E-state index in [-0.39, 0.29) is 0 Å². The maximum atomic E-state index is 9.73. The number of hydrogen-bond acceptors (Lipinski definition) is 2. The Hall–Kier alpha value is -0.540. The van der Waals surface area contributed by atoms with Gasteiger partial charge in [0.05, 0.1) is 4.47 Å². The molecule has 1 aromatic carbocycles. The summed E-state index contributed by atoms with van der Waals surface area (Å²) in [6, 6.07) is 5.71. The van der Waals surface area contributed by atoms with Gasteiger partial charge in [-0.25, -0.2) is 0 Å². The first kappa shape index (κ1) is 12.5. The van der Waals surface area contributed by atoms with Crippen LogP contribution in [0.15, 0.2) is 22.7 Å². The van der Waals surface area contributed by atoms with Crippen LogP contribution in [-0.2, 0) is 6.54 Å². The van der Waals surface area contributed by atoms with Crippen molar-refractivity contribution in [2.45, 2.75) is 26.8 Å². The van der Waals surface area contributed by atoms with Crippen LogP contribution in [0.3, 0.4) is 0 Å². The van der Waals surface area contributed by atoms with E-state index in [4.69, 9.17) is 0 Å². The number of aromatic hydroxyl groups is 1. The highest BCUT2D eigenvalue weighted by atomic mass is 79.9. The molecule has 0 saturated carbocycles. The molecule has 0 aliphatic rings. The first-order valence-electron chi connectivity index (χ1n) is 5.32. The molecule has 2 N–H and O–H groups in total. The third-order valence-electron chi connectivity index (χ3n) is 2.58. The normalized spacial score (nSPS) is 12.7. The maximum Gasteiger partial charge on any atom is 0.134 e. The number of para-hydroxylation sites is 1. The van der Waals surface area contributed by atoms with E-state index in [1.807, 2.05) is 18.2 Å². The van der Waals surface area contributed by atoms with E-state index in [9.17, 15) is 5.11 Å². The number of phenolic OH excluding ortho intramolecular Hbond substituents is 1. The summed E-state index contributed by atoms with van der Waals surface area (Å²) in [5, 5.41) is 13.1. The van der Waals surface area contributed by atoms with Crippen LogP contribution in [0.4, 0.5) is 0 Å². The number of rotatable bonds is 5. The van der Waals surface area contributed by atoms with Crippen LogP contribution < -0.4 is 5.32 Å². The number of hydrogen-bond donors (Lipinski definition) is 2. The van der Waals surface area contributed by atoms with E-state index >= 15 is 0 Å². The lowest BCUT2D eigenvalue weighted by Gasteiger charge is -2.11. The van der Waals surface area contributed by atoms with E-state index in [1.165, 1.54) is 6.42 Å². The van der Waals surface area contributed by atoms with Gasteiger partial charge in [-0.05, 0) is 34.5 Å². The molecule has 1 unspecified atom stereocenters. The Labute approximate surface area is 99.8 Å². The lowest BCUT2D eigenvalue weighted by atomic mass is 10.1. The number of halogens is 1.